The van der Waals surface area contributed by atoms with Crippen LogP contribution in [0.1, 0.15) is 6.92 Å². The number of ether oxygens (including phenoxy) is 3. The molecule has 0 fully saturated rings. The average Bonchev–Trinajstić information content (AvgIpc) is 2.18. The van der Waals surface area contributed by atoms with Gasteiger partial charge < -0.3 is 19.3 Å². The first kappa shape index (κ1) is 11.3. The zero-order valence-corrected chi connectivity index (χ0v) is 8.52. The Kier molecular flexibility index (Phi) is 3.93. The van der Waals surface area contributed by atoms with Crippen molar-refractivity contribution < 1.29 is 24.1 Å². The summed E-state index contributed by atoms with van der Waals surface area (Å²) in [6.45, 7) is 1.35. The second-order valence-electron chi connectivity index (χ2n) is 2.77. The van der Waals surface area contributed by atoms with E-state index in [4.69, 9.17) is 14.2 Å². The number of phenolic OH excluding ortho intramolecular Hbond substituents is 1. The molecule has 0 aliphatic carbocycles. The number of esters is 1. The van der Waals surface area contributed by atoms with Crippen molar-refractivity contribution in [3.05, 3.63) is 18.2 Å². The van der Waals surface area contributed by atoms with E-state index < -0.39 is 5.97 Å². The van der Waals surface area contributed by atoms with Gasteiger partial charge in [0.15, 0.2) is 18.3 Å². The van der Waals surface area contributed by atoms with E-state index >= 15 is 0 Å². The molecule has 0 heterocycles. The van der Waals surface area contributed by atoms with Crippen molar-refractivity contribution in [1.82, 2.24) is 0 Å². The standard InChI is InChI=1S/C10H12O5/c1-7(11)15-10-4-3-8(5-9(10)12)14-6-13-2/h3-5,12H,6H2,1-2H3. The highest BCUT2D eigenvalue weighted by molar-refractivity contribution is 5.70. The molecule has 0 aliphatic rings. The third-order valence-electron chi connectivity index (χ3n) is 1.53. The number of hydrogen-bond acceptors (Lipinski definition) is 5. The number of aromatic hydroxyl groups is 1. The van der Waals surface area contributed by atoms with Crippen LogP contribution in [0.3, 0.4) is 0 Å². The van der Waals surface area contributed by atoms with E-state index in [1.54, 1.807) is 6.07 Å². The highest BCUT2D eigenvalue weighted by Gasteiger charge is 2.06. The first-order chi connectivity index (χ1) is 7.13. The maximum Gasteiger partial charge on any atom is 0.308 e. The minimum Gasteiger partial charge on any atom is -0.504 e. The van der Waals surface area contributed by atoms with Crippen LogP contribution < -0.4 is 9.47 Å². The number of hydrogen-bond donors (Lipinski definition) is 1. The summed E-state index contributed by atoms with van der Waals surface area (Å²) in [5.41, 5.74) is 0. The van der Waals surface area contributed by atoms with Crippen molar-refractivity contribution in [1.29, 1.82) is 0 Å². The van der Waals surface area contributed by atoms with E-state index in [1.165, 1.54) is 26.2 Å². The van der Waals surface area contributed by atoms with Gasteiger partial charge in [-0.05, 0) is 12.1 Å². The third-order valence-corrected chi connectivity index (χ3v) is 1.53. The number of rotatable bonds is 4. The van der Waals surface area contributed by atoms with Crippen LogP contribution in [0.2, 0.25) is 0 Å². The summed E-state index contributed by atoms with van der Waals surface area (Å²) in [7, 11) is 1.49. The Hall–Kier alpha value is -1.75. The molecule has 82 valence electrons. The van der Waals surface area contributed by atoms with Gasteiger partial charge in [0.1, 0.15) is 5.75 Å². The molecule has 1 aromatic rings. The van der Waals surface area contributed by atoms with Crippen LogP contribution in [-0.4, -0.2) is 25.0 Å². The molecular weight excluding hydrogens is 200 g/mol. The lowest BCUT2D eigenvalue weighted by molar-refractivity contribution is -0.132. The van der Waals surface area contributed by atoms with E-state index in [0.29, 0.717) is 5.75 Å². The molecule has 15 heavy (non-hydrogen) atoms. The normalized spacial score (nSPS) is 9.73. The van der Waals surface area contributed by atoms with Gasteiger partial charge >= 0.3 is 5.97 Å². The first-order valence-electron chi connectivity index (χ1n) is 4.26. The van der Waals surface area contributed by atoms with Crippen LogP contribution >= 0.6 is 0 Å². The molecule has 5 nitrogen and oxygen atoms in total. The molecule has 0 saturated heterocycles. The van der Waals surface area contributed by atoms with Gasteiger partial charge in [-0.3, -0.25) is 4.79 Å². The maximum atomic E-state index is 10.6. The van der Waals surface area contributed by atoms with Crippen molar-refractivity contribution in [3.63, 3.8) is 0 Å². The Bertz CT molecular complexity index is 348. The first-order valence-corrected chi connectivity index (χ1v) is 4.26. The molecule has 0 radical (unpaired) electrons. The average molecular weight is 212 g/mol. The number of carbonyl (C=O) groups excluding carboxylic acids is 1. The van der Waals surface area contributed by atoms with Gasteiger partial charge in [0.25, 0.3) is 0 Å². The number of phenols is 1. The summed E-state index contributed by atoms with van der Waals surface area (Å²) in [4.78, 5) is 10.6. The van der Waals surface area contributed by atoms with E-state index in [0.717, 1.165) is 0 Å². The van der Waals surface area contributed by atoms with Crippen molar-refractivity contribution in [3.8, 4) is 17.2 Å². The fourth-order valence-electron chi connectivity index (χ4n) is 0.955. The largest absolute Gasteiger partial charge is 0.504 e. The second kappa shape index (κ2) is 5.21. The maximum absolute atomic E-state index is 10.6. The van der Waals surface area contributed by atoms with Gasteiger partial charge in [-0.15, -0.1) is 0 Å². The Morgan fingerprint density at radius 1 is 1.47 bits per heavy atom. The van der Waals surface area contributed by atoms with Crippen LogP contribution in [0.15, 0.2) is 18.2 Å². The van der Waals surface area contributed by atoms with Crippen molar-refractivity contribution in [2.24, 2.45) is 0 Å². The zero-order chi connectivity index (χ0) is 11.3. The minimum absolute atomic E-state index is 0.0896. The molecular formula is C10H12O5. The van der Waals surface area contributed by atoms with E-state index in [-0.39, 0.29) is 18.3 Å². The molecule has 0 atom stereocenters. The lowest BCUT2D eigenvalue weighted by atomic mass is 10.3. The minimum atomic E-state index is -0.490. The Labute approximate surface area is 87.2 Å². The zero-order valence-electron chi connectivity index (χ0n) is 8.52. The van der Waals surface area contributed by atoms with E-state index in [1.807, 2.05) is 0 Å². The van der Waals surface area contributed by atoms with Crippen molar-refractivity contribution >= 4 is 5.97 Å². The lowest BCUT2D eigenvalue weighted by Gasteiger charge is -2.07. The SMILES string of the molecule is COCOc1ccc(OC(C)=O)c(O)c1. The van der Waals surface area contributed by atoms with Gasteiger partial charge in [0, 0.05) is 20.1 Å². The molecule has 1 aromatic carbocycles. The predicted octanol–water partition coefficient (Wildman–Crippen LogP) is 1.30. The summed E-state index contributed by atoms with van der Waals surface area (Å²) < 4.78 is 14.5. The highest BCUT2D eigenvalue weighted by Crippen LogP contribution is 2.30. The van der Waals surface area contributed by atoms with Crippen LogP contribution in [0.5, 0.6) is 17.2 Å². The molecule has 0 unspecified atom stereocenters. The van der Waals surface area contributed by atoms with Crippen LogP contribution in [0, 0.1) is 0 Å². The number of benzene rings is 1. The summed E-state index contributed by atoms with van der Waals surface area (Å²) in [6, 6.07) is 4.36. The van der Waals surface area contributed by atoms with Gasteiger partial charge in [-0.25, -0.2) is 0 Å². The van der Waals surface area contributed by atoms with Gasteiger partial charge in [-0.2, -0.15) is 0 Å². The fraction of sp³-hybridized carbons (Fsp3) is 0.300. The summed E-state index contributed by atoms with van der Waals surface area (Å²) >= 11 is 0. The molecule has 0 aromatic heterocycles. The Morgan fingerprint density at radius 3 is 2.73 bits per heavy atom. The fourth-order valence-corrected chi connectivity index (χ4v) is 0.955. The smallest absolute Gasteiger partial charge is 0.308 e. The van der Waals surface area contributed by atoms with Gasteiger partial charge in [0.2, 0.25) is 0 Å². The molecule has 0 amide bonds. The van der Waals surface area contributed by atoms with Gasteiger partial charge in [0.05, 0.1) is 0 Å². The lowest BCUT2D eigenvalue weighted by Crippen LogP contribution is -2.02. The van der Waals surface area contributed by atoms with Gasteiger partial charge in [-0.1, -0.05) is 0 Å². The quantitative estimate of drug-likeness (QED) is 0.463. The summed E-state index contributed by atoms with van der Waals surface area (Å²) in [5.74, 6) is -0.104. The topological polar surface area (TPSA) is 65.0 Å². The van der Waals surface area contributed by atoms with Crippen LogP contribution in [0.25, 0.3) is 0 Å². The molecule has 1 rings (SSSR count). The van der Waals surface area contributed by atoms with Crippen LogP contribution in [-0.2, 0) is 9.53 Å². The Morgan fingerprint density at radius 2 is 2.20 bits per heavy atom. The Balaban J connectivity index is 2.74. The molecule has 5 heteroatoms. The molecule has 0 saturated carbocycles. The van der Waals surface area contributed by atoms with E-state index in [2.05, 4.69) is 0 Å². The van der Waals surface area contributed by atoms with Crippen LogP contribution in [0.4, 0.5) is 0 Å². The molecule has 1 N–H and O–H groups in total. The number of carbonyl (C=O) groups is 1. The molecule has 0 aliphatic heterocycles. The molecule has 0 bridgehead atoms. The monoisotopic (exact) mass is 212 g/mol. The van der Waals surface area contributed by atoms with Crippen molar-refractivity contribution in [2.45, 2.75) is 6.92 Å². The highest BCUT2D eigenvalue weighted by atomic mass is 16.7. The summed E-state index contributed by atoms with van der Waals surface area (Å²) in [5, 5.41) is 9.44. The van der Waals surface area contributed by atoms with Crippen molar-refractivity contribution in [2.75, 3.05) is 13.9 Å². The number of methoxy groups -OCH3 is 1. The predicted molar refractivity (Wildman–Crippen MR) is 51.9 cm³/mol. The van der Waals surface area contributed by atoms with E-state index in [9.17, 15) is 9.90 Å². The second-order valence-corrected chi connectivity index (χ2v) is 2.77. The summed E-state index contributed by atoms with van der Waals surface area (Å²) in [6.07, 6.45) is 0. The third kappa shape index (κ3) is 3.47. The molecule has 0 spiro atoms.